The van der Waals surface area contributed by atoms with Crippen LogP contribution in [0.2, 0.25) is 0 Å². The van der Waals surface area contributed by atoms with E-state index in [1.165, 1.54) is 18.9 Å². The Bertz CT molecular complexity index is 526. The van der Waals surface area contributed by atoms with Gasteiger partial charge in [-0.25, -0.2) is 9.79 Å². The van der Waals surface area contributed by atoms with Gasteiger partial charge in [-0.2, -0.15) is 5.26 Å². The average Bonchev–Trinajstić information content (AvgIpc) is 2.39. The summed E-state index contributed by atoms with van der Waals surface area (Å²) in [5.74, 6) is -0.407. The van der Waals surface area contributed by atoms with Crippen LogP contribution in [0.1, 0.15) is 10.4 Å². The molecule has 0 atom stereocenters. The molecule has 18 heavy (non-hydrogen) atoms. The summed E-state index contributed by atoms with van der Waals surface area (Å²) in [7, 11) is 1.33. The molecule has 0 aliphatic heterocycles. The summed E-state index contributed by atoms with van der Waals surface area (Å²) < 4.78 is 5.37. The highest BCUT2D eigenvalue weighted by Crippen LogP contribution is 2.26. The molecule has 0 bridgehead atoms. The molecule has 5 nitrogen and oxygen atoms in total. The predicted octanol–water partition coefficient (Wildman–Crippen LogP) is 2.50. The number of methoxy groups -OCH3 is 1. The third kappa shape index (κ3) is 3.61. The quantitative estimate of drug-likeness (QED) is 0.215. The van der Waals surface area contributed by atoms with E-state index in [9.17, 15) is 4.79 Å². The fraction of sp³-hybridized carbons (Fsp3) is 0.182. The summed E-state index contributed by atoms with van der Waals surface area (Å²) in [4.78, 5) is 15.8. The first-order valence-corrected chi connectivity index (χ1v) is 7.09. The minimum Gasteiger partial charge on any atom is -0.465 e. The molecule has 0 aliphatic rings. The Balaban J connectivity index is 3.19. The SMILES string of the molecule is COC(=O)c1cccc(N=C(NC#N)SC)c1I. The summed E-state index contributed by atoms with van der Waals surface area (Å²) in [6.07, 6.45) is 3.62. The second-order valence-corrected chi connectivity index (χ2v) is 4.86. The van der Waals surface area contributed by atoms with Crippen molar-refractivity contribution in [2.75, 3.05) is 13.4 Å². The van der Waals surface area contributed by atoms with Crippen molar-refractivity contribution in [2.24, 2.45) is 4.99 Å². The second kappa shape index (κ2) is 7.23. The van der Waals surface area contributed by atoms with E-state index in [4.69, 9.17) is 5.26 Å². The van der Waals surface area contributed by atoms with Crippen LogP contribution in [-0.4, -0.2) is 24.5 Å². The highest BCUT2D eigenvalue weighted by molar-refractivity contribution is 14.1. The zero-order chi connectivity index (χ0) is 13.5. The first kappa shape index (κ1) is 14.8. The number of nitriles is 1. The molecule has 0 unspecified atom stereocenters. The molecule has 1 rings (SSSR count). The molecule has 0 saturated heterocycles. The Labute approximate surface area is 123 Å². The van der Waals surface area contributed by atoms with Crippen LogP contribution in [0.5, 0.6) is 0 Å². The number of carbonyl (C=O) groups is 1. The van der Waals surface area contributed by atoms with Gasteiger partial charge in [0.05, 0.1) is 21.9 Å². The molecular formula is C11H10IN3O2S. The maximum Gasteiger partial charge on any atom is 0.339 e. The summed E-state index contributed by atoms with van der Waals surface area (Å²) >= 11 is 3.34. The number of nitrogens with one attached hydrogen (secondary N) is 1. The smallest absolute Gasteiger partial charge is 0.339 e. The number of carbonyl (C=O) groups excluding carboxylic acids is 1. The van der Waals surface area contributed by atoms with E-state index >= 15 is 0 Å². The number of halogens is 1. The van der Waals surface area contributed by atoms with Crippen LogP contribution in [-0.2, 0) is 4.74 Å². The van der Waals surface area contributed by atoms with Gasteiger partial charge in [0.2, 0.25) is 0 Å². The molecular weight excluding hydrogens is 365 g/mol. The molecule has 0 amide bonds. The molecule has 7 heteroatoms. The molecule has 0 fully saturated rings. The number of thioether (sulfide) groups is 1. The highest BCUT2D eigenvalue weighted by Gasteiger charge is 2.13. The Morgan fingerprint density at radius 2 is 2.33 bits per heavy atom. The van der Waals surface area contributed by atoms with E-state index in [0.717, 1.165) is 0 Å². The van der Waals surface area contributed by atoms with Crippen molar-refractivity contribution in [1.82, 2.24) is 5.32 Å². The zero-order valence-corrected chi connectivity index (χ0v) is 12.7. The summed E-state index contributed by atoms with van der Waals surface area (Å²) in [6.45, 7) is 0. The molecule has 1 aromatic carbocycles. The van der Waals surface area contributed by atoms with E-state index in [0.29, 0.717) is 20.0 Å². The number of benzene rings is 1. The number of hydrogen-bond acceptors (Lipinski definition) is 5. The lowest BCUT2D eigenvalue weighted by atomic mass is 10.2. The van der Waals surface area contributed by atoms with Gasteiger partial charge in [0.15, 0.2) is 11.4 Å². The van der Waals surface area contributed by atoms with Crippen LogP contribution in [0.3, 0.4) is 0 Å². The lowest BCUT2D eigenvalue weighted by Crippen LogP contribution is -2.12. The number of nitrogens with zero attached hydrogens (tertiary/aromatic N) is 2. The fourth-order valence-corrected chi connectivity index (χ4v) is 2.19. The lowest BCUT2D eigenvalue weighted by Gasteiger charge is -2.06. The first-order chi connectivity index (χ1) is 8.63. The first-order valence-electron chi connectivity index (χ1n) is 4.78. The number of amidine groups is 1. The molecule has 0 radical (unpaired) electrons. The Hall–Kier alpha value is -1.27. The van der Waals surface area contributed by atoms with Gasteiger partial charge in [0, 0.05) is 0 Å². The van der Waals surface area contributed by atoms with Crippen LogP contribution in [0.25, 0.3) is 0 Å². The van der Waals surface area contributed by atoms with E-state index in [2.05, 4.69) is 15.0 Å². The Kier molecular flexibility index (Phi) is 5.94. The van der Waals surface area contributed by atoms with Crippen molar-refractivity contribution in [2.45, 2.75) is 0 Å². The number of esters is 1. The maximum atomic E-state index is 11.5. The van der Waals surface area contributed by atoms with E-state index in [1.54, 1.807) is 24.5 Å². The van der Waals surface area contributed by atoms with Gasteiger partial charge in [0.1, 0.15) is 0 Å². The normalized spacial score (nSPS) is 10.7. The van der Waals surface area contributed by atoms with Gasteiger partial charge in [-0.05, 0) is 41.0 Å². The van der Waals surface area contributed by atoms with Gasteiger partial charge in [-0.15, -0.1) is 0 Å². The number of ether oxygens (including phenoxy) is 1. The Morgan fingerprint density at radius 3 is 2.89 bits per heavy atom. The van der Waals surface area contributed by atoms with Crippen molar-refractivity contribution in [3.63, 3.8) is 0 Å². The highest BCUT2D eigenvalue weighted by atomic mass is 127. The average molecular weight is 375 g/mol. The number of rotatable bonds is 2. The standard InChI is InChI=1S/C11H10IN3O2S/c1-17-10(16)7-4-3-5-8(9(7)12)15-11(18-2)14-6-13/h3-5H,1-2H3,(H,14,15). The molecule has 0 heterocycles. The summed E-state index contributed by atoms with van der Waals surface area (Å²) in [5.41, 5.74) is 1.07. The molecule has 0 saturated carbocycles. The van der Waals surface area contributed by atoms with Crippen molar-refractivity contribution in [3.05, 3.63) is 27.3 Å². The third-order valence-electron chi connectivity index (χ3n) is 1.96. The fourth-order valence-electron chi connectivity index (χ4n) is 1.16. The van der Waals surface area contributed by atoms with Crippen LogP contribution in [0.15, 0.2) is 23.2 Å². The molecule has 94 valence electrons. The largest absolute Gasteiger partial charge is 0.465 e. The van der Waals surface area contributed by atoms with E-state index < -0.39 is 5.97 Å². The van der Waals surface area contributed by atoms with Crippen molar-refractivity contribution in [3.8, 4) is 6.19 Å². The molecule has 1 N–H and O–H groups in total. The number of aliphatic imine (C=N–C) groups is 1. The number of hydrogen-bond donors (Lipinski definition) is 1. The third-order valence-corrected chi connectivity index (χ3v) is 3.68. The van der Waals surface area contributed by atoms with Crippen LogP contribution < -0.4 is 5.32 Å². The van der Waals surface area contributed by atoms with Gasteiger partial charge >= 0.3 is 5.97 Å². The second-order valence-electron chi connectivity index (χ2n) is 2.99. The van der Waals surface area contributed by atoms with Crippen LogP contribution >= 0.6 is 34.4 Å². The van der Waals surface area contributed by atoms with Crippen LogP contribution in [0, 0.1) is 15.0 Å². The van der Waals surface area contributed by atoms with Gasteiger partial charge in [-0.3, -0.25) is 5.32 Å². The van der Waals surface area contributed by atoms with E-state index in [-0.39, 0.29) is 0 Å². The van der Waals surface area contributed by atoms with Gasteiger partial charge < -0.3 is 4.74 Å². The minimum atomic E-state index is -0.407. The van der Waals surface area contributed by atoms with Crippen molar-refractivity contribution < 1.29 is 9.53 Å². The lowest BCUT2D eigenvalue weighted by molar-refractivity contribution is 0.0599. The van der Waals surface area contributed by atoms with Gasteiger partial charge in [0.25, 0.3) is 0 Å². The maximum absolute atomic E-state index is 11.5. The predicted molar refractivity (Wildman–Crippen MR) is 79.9 cm³/mol. The zero-order valence-electron chi connectivity index (χ0n) is 9.73. The van der Waals surface area contributed by atoms with Crippen LogP contribution in [0.4, 0.5) is 5.69 Å². The molecule has 0 aromatic heterocycles. The molecule has 1 aromatic rings. The molecule has 0 aliphatic carbocycles. The molecule has 0 spiro atoms. The summed E-state index contributed by atoms with van der Waals surface area (Å²) in [6, 6.07) is 5.16. The van der Waals surface area contributed by atoms with Crippen molar-refractivity contribution in [1.29, 1.82) is 5.26 Å². The van der Waals surface area contributed by atoms with E-state index in [1.807, 2.05) is 28.8 Å². The monoisotopic (exact) mass is 375 g/mol. The van der Waals surface area contributed by atoms with Crippen molar-refractivity contribution >= 4 is 51.2 Å². The Morgan fingerprint density at radius 1 is 1.61 bits per heavy atom. The summed E-state index contributed by atoms with van der Waals surface area (Å²) in [5, 5.41) is 11.5. The topological polar surface area (TPSA) is 74.5 Å². The minimum absolute atomic E-state index is 0.407. The van der Waals surface area contributed by atoms with Gasteiger partial charge in [-0.1, -0.05) is 17.8 Å².